The smallest absolute Gasteiger partial charge is 0.222 e. The zero-order valence-corrected chi connectivity index (χ0v) is 9.51. The van der Waals surface area contributed by atoms with E-state index in [0.29, 0.717) is 23.7 Å². The normalized spacial score (nSPS) is 10.2. The first-order valence-electron chi connectivity index (χ1n) is 5.25. The number of phenols is 1. The largest absolute Gasteiger partial charge is 0.508 e. The second-order valence-corrected chi connectivity index (χ2v) is 3.83. The fourth-order valence-electron chi connectivity index (χ4n) is 1.41. The number of aromatic nitrogens is 2. The van der Waals surface area contributed by atoms with Gasteiger partial charge in [-0.25, -0.2) is 9.97 Å². The van der Waals surface area contributed by atoms with Crippen LogP contribution in [0.1, 0.15) is 11.1 Å². The molecule has 17 heavy (non-hydrogen) atoms. The summed E-state index contributed by atoms with van der Waals surface area (Å²) in [6.07, 6.45) is 3.46. The van der Waals surface area contributed by atoms with Gasteiger partial charge >= 0.3 is 0 Å². The average Bonchev–Trinajstić information content (AvgIpc) is 2.32. The quantitative estimate of drug-likeness (QED) is 0.552. The van der Waals surface area contributed by atoms with Crippen molar-refractivity contribution < 1.29 is 5.11 Å². The van der Waals surface area contributed by atoms with Crippen LogP contribution in [0.15, 0.2) is 30.6 Å². The van der Waals surface area contributed by atoms with Crippen molar-refractivity contribution in [1.29, 1.82) is 0 Å². The molecule has 0 fully saturated rings. The molecule has 88 valence electrons. The Labute approximate surface area is 99.3 Å². The highest BCUT2D eigenvalue weighted by molar-refractivity contribution is 5.48. The van der Waals surface area contributed by atoms with Crippen LogP contribution in [0.3, 0.4) is 0 Å². The number of benzene rings is 1. The molecule has 1 heterocycles. The number of aryl methyl sites for hydroxylation is 1. The molecule has 2 aromatic rings. The zero-order valence-electron chi connectivity index (χ0n) is 9.51. The van der Waals surface area contributed by atoms with E-state index in [9.17, 15) is 5.11 Å². The number of hydrogen-bond donors (Lipinski definition) is 3. The monoisotopic (exact) mass is 230 g/mol. The van der Waals surface area contributed by atoms with Crippen molar-refractivity contribution in [2.75, 3.05) is 11.1 Å². The molecule has 0 bridgehead atoms. The first kappa shape index (κ1) is 11.2. The summed E-state index contributed by atoms with van der Waals surface area (Å²) in [6.45, 7) is 2.35. The maximum atomic E-state index is 9.62. The van der Waals surface area contributed by atoms with Crippen LogP contribution in [0.4, 0.5) is 11.6 Å². The highest BCUT2D eigenvalue weighted by Gasteiger charge is 2.02. The van der Waals surface area contributed by atoms with E-state index in [4.69, 9.17) is 5.73 Å². The molecule has 4 N–H and O–H groups in total. The number of nitrogens with zero attached hydrogens (tertiary/aromatic N) is 2. The fourth-order valence-corrected chi connectivity index (χ4v) is 1.41. The van der Waals surface area contributed by atoms with Gasteiger partial charge in [-0.2, -0.15) is 0 Å². The lowest BCUT2D eigenvalue weighted by Gasteiger charge is -2.07. The van der Waals surface area contributed by atoms with Gasteiger partial charge in [-0.15, -0.1) is 0 Å². The van der Waals surface area contributed by atoms with E-state index in [1.807, 2.05) is 6.92 Å². The number of anilines is 2. The molecule has 5 heteroatoms. The Kier molecular flexibility index (Phi) is 3.09. The van der Waals surface area contributed by atoms with Crippen LogP contribution in [0.2, 0.25) is 0 Å². The molecule has 2 rings (SSSR count). The van der Waals surface area contributed by atoms with E-state index in [1.165, 1.54) is 0 Å². The van der Waals surface area contributed by atoms with Gasteiger partial charge in [-0.1, -0.05) is 0 Å². The molecule has 5 nitrogen and oxygen atoms in total. The Morgan fingerprint density at radius 2 is 2.00 bits per heavy atom. The minimum atomic E-state index is 0.207. The molecular formula is C12H14N4O. The molecule has 0 spiro atoms. The van der Waals surface area contributed by atoms with E-state index in [0.717, 1.165) is 5.56 Å². The van der Waals surface area contributed by atoms with Gasteiger partial charge in [0.15, 0.2) is 0 Å². The van der Waals surface area contributed by atoms with Crippen molar-refractivity contribution in [2.24, 2.45) is 0 Å². The molecule has 0 aliphatic carbocycles. The van der Waals surface area contributed by atoms with E-state index < -0.39 is 0 Å². The molecular weight excluding hydrogens is 216 g/mol. The van der Waals surface area contributed by atoms with Crippen molar-refractivity contribution in [3.8, 4) is 5.75 Å². The van der Waals surface area contributed by atoms with Crippen LogP contribution >= 0.6 is 0 Å². The Balaban J connectivity index is 2.07. The first-order valence-corrected chi connectivity index (χ1v) is 5.25. The molecule has 0 aliphatic heterocycles. The molecule has 0 unspecified atom stereocenters. The van der Waals surface area contributed by atoms with E-state index >= 15 is 0 Å². The predicted molar refractivity (Wildman–Crippen MR) is 66.6 cm³/mol. The number of rotatable bonds is 3. The summed E-state index contributed by atoms with van der Waals surface area (Å²) < 4.78 is 0. The van der Waals surface area contributed by atoms with Crippen molar-refractivity contribution in [3.05, 3.63) is 41.7 Å². The summed E-state index contributed by atoms with van der Waals surface area (Å²) in [5.41, 5.74) is 7.98. The van der Waals surface area contributed by atoms with Crippen LogP contribution in [0, 0.1) is 6.92 Å². The van der Waals surface area contributed by atoms with Gasteiger partial charge in [0, 0.05) is 30.2 Å². The lowest BCUT2D eigenvalue weighted by atomic mass is 10.2. The minimum Gasteiger partial charge on any atom is -0.508 e. The van der Waals surface area contributed by atoms with Crippen LogP contribution in [0.5, 0.6) is 5.75 Å². The Bertz CT molecular complexity index is 510. The maximum absolute atomic E-state index is 9.62. The van der Waals surface area contributed by atoms with Gasteiger partial charge in [0.1, 0.15) is 5.75 Å². The summed E-state index contributed by atoms with van der Waals surface area (Å²) in [5.74, 6) is 0.733. The van der Waals surface area contributed by atoms with Crippen LogP contribution in [0.25, 0.3) is 0 Å². The van der Waals surface area contributed by atoms with Crippen molar-refractivity contribution in [2.45, 2.75) is 13.5 Å². The lowest BCUT2D eigenvalue weighted by Crippen LogP contribution is -2.04. The predicted octanol–water partition coefficient (Wildman–Crippen LogP) is 1.68. The SMILES string of the molecule is Cc1cnc(NCc2cc(N)ccc2O)nc1. The highest BCUT2D eigenvalue weighted by Crippen LogP contribution is 2.20. The number of aromatic hydroxyl groups is 1. The summed E-state index contributed by atoms with van der Waals surface area (Å²) >= 11 is 0. The van der Waals surface area contributed by atoms with Crippen LogP contribution in [-0.2, 0) is 6.54 Å². The highest BCUT2D eigenvalue weighted by atomic mass is 16.3. The molecule has 0 atom stereocenters. The number of phenolic OH excluding ortho intramolecular Hbond substituents is 1. The third-order valence-corrected chi connectivity index (χ3v) is 2.32. The van der Waals surface area contributed by atoms with Crippen LogP contribution < -0.4 is 11.1 Å². The first-order chi connectivity index (χ1) is 8.15. The van der Waals surface area contributed by atoms with Gasteiger partial charge in [0.25, 0.3) is 0 Å². The average molecular weight is 230 g/mol. The fraction of sp³-hybridized carbons (Fsp3) is 0.167. The van der Waals surface area contributed by atoms with E-state index in [1.54, 1.807) is 30.6 Å². The molecule has 1 aromatic heterocycles. The number of hydrogen-bond acceptors (Lipinski definition) is 5. The van der Waals surface area contributed by atoms with Crippen LogP contribution in [-0.4, -0.2) is 15.1 Å². The van der Waals surface area contributed by atoms with Gasteiger partial charge < -0.3 is 16.2 Å². The summed E-state index contributed by atoms with van der Waals surface area (Å²) in [7, 11) is 0. The molecule has 0 saturated carbocycles. The zero-order chi connectivity index (χ0) is 12.3. The van der Waals surface area contributed by atoms with E-state index in [-0.39, 0.29) is 5.75 Å². The van der Waals surface area contributed by atoms with Gasteiger partial charge in [0.2, 0.25) is 5.95 Å². The number of nitrogen functional groups attached to an aromatic ring is 1. The molecule has 0 aliphatic rings. The molecule has 1 aromatic carbocycles. The molecule has 0 radical (unpaired) electrons. The topological polar surface area (TPSA) is 84.1 Å². The number of nitrogens with one attached hydrogen (secondary N) is 1. The summed E-state index contributed by atoms with van der Waals surface area (Å²) in [5, 5.41) is 12.6. The molecule has 0 amide bonds. The van der Waals surface area contributed by atoms with Gasteiger partial charge in [-0.05, 0) is 30.7 Å². The third kappa shape index (κ3) is 2.84. The van der Waals surface area contributed by atoms with Gasteiger partial charge in [-0.3, -0.25) is 0 Å². The Morgan fingerprint density at radius 1 is 1.29 bits per heavy atom. The Morgan fingerprint density at radius 3 is 2.71 bits per heavy atom. The van der Waals surface area contributed by atoms with Crippen molar-refractivity contribution >= 4 is 11.6 Å². The molecule has 0 saturated heterocycles. The Hall–Kier alpha value is -2.30. The second kappa shape index (κ2) is 4.69. The summed E-state index contributed by atoms with van der Waals surface area (Å²) in [6, 6.07) is 4.94. The van der Waals surface area contributed by atoms with E-state index in [2.05, 4.69) is 15.3 Å². The maximum Gasteiger partial charge on any atom is 0.222 e. The van der Waals surface area contributed by atoms with Crippen molar-refractivity contribution in [1.82, 2.24) is 9.97 Å². The number of nitrogens with two attached hydrogens (primary N) is 1. The van der Waals surface area contributed by atoms with Gasteiger partial charge in [0.05, 0.1) is 0 Å². The minimum absolute atomic E-state index is 0.207. The third-order valence-electron chi connectivity index (χ3n) is 2.32. The second-order valence-electron chi connectivity index (χ2n) is 3.83. The standard InChI is InChI=1S/C12H14N4O/c1-8-5-14-12(15-6-8)16-7-9-4-10(13)2-3-11(9)17/h2-6,17H,7,13H2,1H3,(H,14,15,16). The summed E-state index contributed by atoms with van der Waals surface area (Å²) in [4.78, 5) is 8.22. The lowest BCUT2D eigenvalue weighted by molar-refractivity contribution is 0.469. The van der Waals surface area contributed by atoms with Crippen molar-refractivity contribution in [3.63, 3.8) is 0 Å².